The Balaban J connectivity index is 2.14. The van der Waals surface area contributed by atoms with Crippen LogP contribution in [0.2, 0.25) is 0 Å². The van der Waals surface area contributed by atoms with Crippen LogP contribution in [0.3, 0.4) is 0 Å². The van der Waals surface area contributed by atoms with Gasteiger partial charge < -0.3 is 5.11 Å². The van der Waals surface area contributed by atoms with Crippen molar-refractivity contribution in [3.63, 3.8) is 0 Å². The van der Waals surface area contributed by atoms with Crippen molar-refractivity contribution in [2.24, 2.45) is 11.8 Å². The van der Waals surface area contributed by atoms with Gasteiger partial charge in [0, 0.05) is 5.92 Å². The second-order valence-corrected chi connectivity index (χ2v) is 4.97. The van der Waals surface area contributed by atoms with Crippen molar-refractivity contribution in [1.29, 1.82) is 0 Å². The number of nitrogens with zero attached hydrogens (tertiary/aromatic N) is 4. The van der Waals surface area contributed by atoms with Crippen molar-refractivity contribution in [3.05, 3.63) is 5.82 Å². The van der Waals surface area contributed by atoms with Crippen LogP contribution in [0.5, 0.6) is 0 Å². The highest BCUT2D eigenvalue weighted by Gasteiger charge is 2.30. The normalized spacial score (nSPS) is 26.0. The van der Waals surface area contributed by atoms with E-state index in [9.17, 15) is 4.79 Å². The second-order valence-electron chi connectivity index (χ2n) is 4.97. The lowest BCUT2D eigenvalue weighted by molar-refractivity contribution is -0.141. The summed E-state index contributed by atoms with van der Waals surface area (Å²) in [6.45, 7) is 4.23. The van der Waals surface area contributed by atoms with Crippen LogP contribution in [0.25, 0.3) is 0 Å². The van der Waals surface area contributed by atoms with Gasteiger partial charge >= 0.3 is 5.97 Å². The summed E-state index contributed by atoms with van der Waals surface area (Å²) < 4.78 is 1.66. The molecule has 0 bridgehead atoms. The molecule has 0 saturated heterocycles. The third-order valence-corrected chi connectivity index (χ3v) is 3.62. The Kier molecular flexibility index (Phi) is 3.40. The fourth-order valence-electron chi connectivity index (χ4n) is 2.47. The lowest BCUT2D eigenvalue weighted by Gasteiger charge is -2.15. The fraction of sp³-hybridized carbons (Fsp3) is 0.818. The maximum Gasteiger partial charge on any atom is 0.308 e. The Labute approximate surface area is 100 Å². The maximum absolute atomic E-state index is 10.8. The van der Waals surface area contributed by atoms with Crippen LogP contribution < -0.4 is 0 Å². The molecule has 0 radical (unpaired) electrons. The lowest BCUT2D eigenvalue weighted by atomic mass is 9.97. The van der Waals surface area contributed by atoms with Crippen molar-refractivity contribution in [2.45, 2.75) is 45.6 Å². The number of carboxylic acid groups (broad SMARTS) is 1. The van der Waals surface area contributed by atoms with Crippen LogP contribution >= 0.6 is 0 Å². The zero-order chi connectivity index (χ0) is 12.4. The van der Waals surface area contributed by atoms with Crippen LogP contribution in [0.4, 0.5) is 0 Å². The molecule has 1 saturated carbocycles. The molecule has 0 spiro atoms. The Hall–Kier alpha value is -1.46. The number of carboxylic acids is 1. The fourth-order valence-corrected chi connectivity index (χ4v) is 2.47. The van der Waals surface area contributed by atoms with Gasteiger partial charge in [0.05, 0.1) is 12.5 Å². The average Bonchev–Trinajstić information content (AvgIpc) is 2.86. The van der Waals surface area contributed by atoms with Crippen molar-refractivity contribution >= 4 is 5.97 Å². The van der Waals surface area contributed by atoms with Crippen molar-refractivity contribution in [3.8, 4) is 0 Å². The number of hydrogen-bond acceptors (Lipinski definition) is 4. The van der Waals surface area contributed by atoms with Crippen molar-refractivity contribution in [2.75, 3.05) is 0 Å². The first-order chi connectivity index (χ1) is 8.09. The Morgan fingerprint density at radius 2 is 2.35 bits per heavy atom. The summed E-state index contributed by atoms with van der Waals surface area (Å²) in [6, 6.07) is 0. The Morgan fingerprint density at radius 1 is 1.59 bits per heavy atom. The summed E-state index contributed by atoms with van der Waals surface area (Å²) in [5.41, 5.74) is 0. The SMILES string of the molecule is CC(Cn1nnnc1C1CCCC1C)C(=O)O. The molecule has 3 unspecified atom stereocenters. The number of tetrazole rings is 1. The molecule has 1 aromatic heterocycles. The standard InChI is InChI=1S/C11H18N4O2/c1-7-4-3-5-9(7)10-12-13-14-15(10)6-8(2)11(16)17/h7-9H,3-6H2,1-2H3,(H,16,17). The molecule has 1 aliphatic carbocycles. The van der Waals surface area contributed by atoms with E-state index in [4.69, 9.17) is 5.11 Å². The minimum absolute atomic E-state index is 0.348. The molecule has 17 heavy (non-hydrogen) atoms. The minimum Gasteiger partial charge on any atom is -0.481 e. The Bertz CT molecular complexity index is 404. The predicted octanol–water partition coefficient (Wildman–Crippen LogP) is 1.30. The van der Waals surface area contributed by atoms with E-state index >= 15 is 0 Å². The molecule has 1 N–H and O–H groups in total. The molecular weight excluding hydrogens is 220 g/mol. The van der Waals surface area contributed by atoms with Gasteiger partial charge in [0.25, 0.3) is 0 Å². The smallest absolute Gasteiger partial charge is 0.308 e. The highest BCUT2D eigenvalue weighted by Crippen LogP contribution is 2.37. The molecule has 6 nitrogen and oxygen atoms in total. The molecule has 1 fully saturated rings. The summed E-state index contributed by atoms with van der Waals surface area (Å²) in [5, 5.41) is 20.6. The van der Waals surface area contributed by atoms with Crippen LogP contribution in [-0.4, -0.2) is 31.3 Å². The summed E-state index contributed by atoms with van der Waals surface area (Å²) >= 11 is 0. The first-order valence-corrected chi connectivity index (χ1v) is 6.08. The topological polar surface area (TPSA) is 80.9 Å². The average molecular weight is 238 g/mol. The van der Waals surface area contributed by atoms with E-state index in [1.54, 1.807) is 11.6 Å². The molecule has 0 aliphatic heterocycles. The van der Waals surface area contributed by atoms with Crippen molar-refractivity contribution < 1.29 is 9.90 Å². The van der Waals surface area contributed by atoms with Gasteiger partial charge in [0.1, 0.15) is 0 Å². The second kappa shape index (κ2) is 4.81. The zero-order valence-corrected chi connectivity index (χ0v) is 10.2. The van der Waals surface area contributed by atoms with E-state index in [1.807, 2.05) is 0 Å². The van der Waals surface area contributed by atoms with E-state index in [0.717, 1.165) is 12.2 Å². The molecule has 1 aliphatic rings. The van der Waals surface area contributed by atoms with E-state index in [-0.39, 0.29) is 0 Å². The van der Waals surface area contributed by atoms with Gasteiger partial charge in [-0.15, -0.1) is 5.10 Å². The number of aliphatic carboxylic acids is 1. The van der Waals surface area contributed by atoms with Crippen LogP contribution in [-0.2, 0) is 11.3 Å². The summed E-state index contributed by atoms with van der Waals surface area (Å²) in [5.74, 6) is 0.536. The summed E-state index contributed by atoms with van der Waals surface area (Å²) in [6.07, 6.45) is 3.50. The van der Waals surface area contributed by atoms with Crippen LogP contribution in [0.1, 0.15) is 44.9 Å². The van der Waals surface area contributed by atoms with E-state index in [2.05, 4.69) is 22.4 Å². The van der Waals surface area contributed by atoms with Gasteiger partial charge in [-0.3, -0.25) is 4.79 Å². The van der Waals surface area contributed by atoms with Crippen molar-refractivity contribution in [1.82, 2.24) is 20.2 Å². The van der Waals surface area contributed by atoms with Crippen LogP contribution in [0, 0.1) is 11.8 Å². The lowest BCUT2D eigenvalue weighted by Crippen LogP contribution is -2.21. The maximum atomic E-state index is 10.8. The Morgan fingerprint density at radius 3 is 2.94 bits per heavy atom. The summed E-state index contributed by atoms with van der Waals surface area (Å²) in [7, 11) is 0. The first-order valence-electron chi connectivity index (χ1n) is 6.08. The van der Waals surface area contributed by atoms with Gasteiger partial charge in [0.2, 0.25) is 0 Å². The molecule has 2 rings (SSSR count). The van der Waals surface area contributed by atoms with Gasteiger partial charge in [-0.25, -0.2) is 4.68 Å². The zero-order valence-electron chi connectivity index (χ0n) is 10.2. The highest BCUT2D eigenvalue weighted by atomic mass is 16.4. The first kappa shape index (κ1) is 12.0. The third-order valence-electron chi connectivity index (χ3n) is 3.62. The van der Waals surface area contributed by atoms with Gasteiger partial charge in [0.15, 0.2) is 5.82 Å². The van der Waals surface area contributed by atoms with E-state index < -0.39 is 11.9 Å². The number of hydrogen-bond donors (Lipinski definition) is 1. The molecule has 0 amide bonds. The molecule has 1 heterocycles. The molecular formula is C11H18N4O2. The molecule has 0 aromatic carbocycles. The number of rotatable bonds is 4. The van der Waals surface area contributed by atoms with Gasteiger partial charge in [-0.1, -0.05) is 20.3 Å². The van der Waals surface area contributed by atoms with Gasteiger partial charge in [-0.05, 0) is 29.2 Å². The van der Waals surface area contributed by atoms with Gasteiger partial charge in [-0.2, -0.15) is 0 Å². The largest absolute Gasteiger partial charge is 0.481 e. The third kappa shape index (κ3) is 2.45. The summed E-state index contributed by atoms with van der Waals surface area (Å²) in [4.78, 5) is 10.8. The molecule has 94 valence electrons. The highest BCUT2D eigenvalue weighted by molar-refractivity contribution is 5.69. The predicted molar refractivity (Wildman–Crippen MR) is 60.4 cm³/mol. The monoisotopic (exact) mass is 238 g/mol. The molecule has 3 atom stereocenters. The molecule has 1 aromatic rings. The molecule has 6 heteroatoms. The minimum atomic E-state index is -0.814. The van der Waals surface area contributed by atoms with E-state index in [1.165, 1.54) is 12.8 Å². The number of aromatic nitrogens is 4. The van der Waals surface area contributed by atoms with E-state index in [0.29, 0.717) is 18.4 Å². The number of carbonyl (C=O) groups is 1. The quantitative estimate of drug-likeness (QED) is 0.855. The van der Waals surface area contributed by atoms with Crippen LogP contribution in [0.15, 0.2) is 0 Å².